The summed E-state index contributed by atoms with van der Waals surface area (Å²) in [7, 11) is 0. The Hall–Kier alpha value is -3.35. The zero-order chi connectivity index (χ0) is 22.6. The van der Waals surface area contributed by atoms with Crippen LogP contribution in [0.2, 0.25) is 0 Å². The molecule has 0 saturated heterocycles. The molecule has 0 fully saturated rings. The Morgan fingerprint density at radius 2 is 1.35 bits per heavy atom. The first-order valence-corrected chi connectivity index (χ1v) is 10.6. The molecule has 0 aromatic heterocycles. The highest BCUT2D eigenvalue weighted by Gasteiger charge is 2.09. The highest BCUT2D eigenvalue weighted by Crippen LogP contribution is 2.13. The quantitative estimate of drug-likeness (QED) is 0.479. The van der Waals surface area contributed by atoms with Gasteiger partial charge in [-0.05, 0) is 55.0 Å². The van der Waals surface area contributed by atoms with Gasteiger partial charge < -0.3 is 20.7 Å². The van der Waals surface area contributed by atoms with Crippen LogP contribution in [0.4, 0.5) is 5.69 Å². The second-order valence-corrected chi connectivity index (χ2v) is 7.46. The zero-order valence-corrected chi connectivity index (χ0v) is 18.4. The van der Waals surface area contributed by atoms with Crippen LogP contribution in [0.15, 0.2) is 48.5 Å². The number of rotatable bonds is 11. The Balaban J connectivity index is 1.72. The van der Waals surface area contributed by atoms with Crippen molar-refractivity contribution in [3.63, 3.8) is 0 Å². The number of anilines is 1. The van der Waals surface area contributed by atoms with E-state index in [1.165, 1.54) is 0 Å². The van der Waals surface area contributed by atoms with Crippen molar-refractivity contribution >= 4 is 23.4 Å². The number of hydrogen-bond donors (Lipinski definition) is 3. The van der Waals surface area contributed by atoms with Gasteiger partial charge in [-0.2, -0.15) is 0 Å². The Kier molecular flexibility index (Phi) is 9.55. The van der Waals surface area contributed by atoms with Gasteiger partial charge in [-0.25, -0.2) is 0 Å². The van der Waals surface area contributed by atoms with Gasteiger partial charge in [-0.15, -0.1) is 0 Å². The normalized spacial score (nSPS) is 10.5. The van der Waals surface area contributed by atoms with Crippen LogP contribution >= 0.6 is 0 Å². The van der Waals surface area contributed by atoms with Gasteiger partial charge in [0.2, 0.25) is 5.91 Å². The number of ether oxygens (including phenoxy) is 1. The number of carbonyl (C=O) groups excluding carboxylic acids is 3. The summed E-state index contributed by atoms with van der Waals surface area (Å²) >= 11 is 0. The Labute approximate surface area is 183 Å². The van der Waals surface area contributed by atoms with Crippen molar-refractivity contribution < 1.29 is 19.1 Å². The highest BCUT2D eigenvalue weighted by molar-refractivity contribution is 5.96. The number of hydrogen-bond acceptors (Lipinski definition) is 4. The SMILES string of the molecule is CCCCOc1ccc(C(=O)NCCNC(=O)c2ccc(NC(=O)C(C)C)cc2)cc1. The lowest BCUT2D eigenvalue weighted by molar-refractivity contribution is -0.118. The first kappa shape index (κ1) is 23.9. The van der Waals surface area contributed by atoms with E-state index in [-0.39, 0.29) is 23.6 Å². The van der Waals surface area contributed by atoms with E-state index < -0.39 is 0 Å². The van der Waals surface area contributed by atoms with Crippen LogP contribution in [0.1, 0.15) is 54.3 Å². The molecule has 2 aromatic carbocycles. The minimum Gasteiger partial charge on any atom is -0.494 e. The van der Waals surface area contributed by atoms with E-state index in [0.29, 0.717) is 36.5 Å². The van der Waals surface area contributed by atoms with Gasteiger partial charge in [0, 0.05) is 35.8 Å². The van der Waals surface area contributed by atoms with Gasteiger partial charge in [0.25, 0.3) is 11.8 Å². The molecule has 166 valence electrons. The summed E-state index contributed by atoms with van der Waals surface area (Å²) in [5.74, 6) is 0.0954. The number of nitrogens with one attached hydrogen (secondary N) is 3. The molecule has 0 aliphatic rings. The lowest BCUT2D eigenvalue weighted by Crippen LogP contribution is -2.34. The van der Waals surface area contributed by atoms with Crippen molar-refractivity contribution in [3.8, 4) is 5.75 Å². The highest BCUT2D eigenvalue weighted by atomic mass is 16.5. The van der Waals surface area contributed by atoms with Gasteiger partial charge >= 0.3 is 0 Å². The maximum Gasteiger partial charge on any atom is 0.251 e. The third-order valence-corrected chi connectivity index (χ3v) is 4.52. The topological polar surface area (TPSA) is 96.5 Å². The number of benzene rings is 2. The Bertz CT molecular complexity index is 861. The van der Waals surface area contributed by atoms with E-state index >= 15 is 0 Å². The fourth-order valence-electron chi connectivity index (χ4n) is 2.58. The number of amides is 3. The van der Waals surface area contributed by atoms with Crippen LogP contribution < -0.4 is 20.7 Å². The molecule has 0 radical (unpaired) electrons. The predicted octanol–water partition coefficient (Wildman–Crippen LogP) is 3.62. The molecule has 31 heavy (non-hydrogen) atoms. The lowest BCUT2D eigenvalue weighted by Gasteiger charge is -2.10. The second kappa shape index (κ2) is 12.4. The smallest absolute Gasteiger partial charge is 0.251 e. The van der Waals surface area contributed by atoms with Crippen LogP contribution in [0.25, 0.3) is 0 Å². The molecule has 3 amide bonds. The third-order valence-electron chi connectivity index (χ3n) is 4.52. The molecular weight excluding hydrogens is 394 g/mol. The van der Waals surface area contributed by atoms with Crippen LogP contribution in [0.3, 0.4) is 0 Å². The lowest BCUT2D eigenvalue weighted by atomic mass is 10.1. The molecule has 0 saturated carbocycles. The average Bonchev–Trinajstić information content (AvgIpc) is 2.77. The maximum absolute atomic E-state index is 12.2. The second-order valence-electron chi connectivity index (χ2n) is 7.46. The standard InChI is InChI=1S/C24H31N3O4/c1-4-5-16-31-21-12-8-19(9-13-21)24(30)26-15-14-25-23(29)18-6-10-20(11-7-18)27-22(28)17(2)3/h6-13,17H,4-5,14-16H2,1-3H3,(H,25,29)(H,26,30)(H,27,28). The third kappa shape index (κ3) is 8.12. The zero-order valence-electron chi connectivity index (χ0n) is 18.4. The van der Waals surface area contributed by atoms with E-state index in [2.05, 4.69) is 22.9 Å². The van der Waals surface area contributed by atoms with Crippen LogP contribution in [-0.4, -0.2) is 37.4 Å². The first-order chi connectivity index (χ1) is 14.9. The molecule has 7 nitrogen and oxygen atoms in total. The van der Waals surface area contributed by atoms with Gasteiger partial charge in [-0.3, -0.25) is 14.4 Å². The van der Waals surface area contributed by atoms with Gasteiger partial charge in [0.1, 0.15) is 5.75 Å². The predicted molar refractivity (Wildman–Crippen MR) is 121 cm³/mol. The molecule has 2 rings (SSSR count). The Morgan fingerprint density at radius 1 is 0.839 bits per heavy atom. The molecule has 0 aliphatic carbocycles. The van der Waals surface area contributed by atoms with Crippen molar-refractivity contribution in [2.45, 2.75) is 33.6 Å². The van der Waals surface area contributed by atoms with Crippen molar-refractivity contribution in [3.05, 3.63) is 59.7 Å². The monoisotopic (exact) mass is 425 g/mol. The first-order valence-electron chi connectivity index (χ1n) is 10.6. The van der Waals surface area contributed by atoms with Crippen molar-refractivity contribution in [2.75, 3.05) is 25.0 Å². The average molecular weight is 426 g/mol. The fourth-order valence-corrected chi connectivity index (χ4v) is 2.58. The fraction of sp³-hybridized carbons (Fsp3) is 0.375. The summed E-state index contributed by atoms with van der Waals surface area (Å²) < 4.78 is 5.58. The molecule has 0 atom stereocenters. The van der Waals surface area contributed by atoms with Crippen LogP contribution in [0.5, 0.6) is 5.75 Å². The summed E-state index contributed by atoms with van der Waals surface area (Å²) in [6, 6.07) is 13.7. The van der Waals surface area contributed by atoms with Gasteiger partial charge in [-0.1, -0.05) is 27.2 Å². The van der Waals surface area contributed by atoms with Crippen LogP contribution in [0, 0.1) is 5.92 Å². The molecular formula is C24H31N3O4. The summed E-state index contributed by atoms with van der Waals surface area (Å²) in [5.41, 5.74) is 1.66. The summed E-state index contributed by atoms with van der Waals surface area (Å²) in [5, 5.41) is 8.32. The number of unbranched alkanes of at least 4 members (excludes halogenated alkanes) is 1. The molecule has 0 bridgehead atoms. The van der Waals surface area contributed by atoms with Crippen molar-refractivity contribution in [2.24, 2.45) is 5.92 Å². The molecule has 0 unspecified atom stereocenters. The summed E-state index contributed by atoms with van der Waals surface area (Å²) in [6.45, 7) is 7.00. The van der Waals surface area contributed by atoms with E-state index in [1.807, 2.05) is 13.8 Å². The van der Waals surface area contributed by atoms with E-state index in [9.17, 15) is 14.4 Å². The summed E-state index contributed by atoms with van der Waals surface area (Å²) in [6.07, 6.45) is 2.06. The largest absolute Gasteiger partial charge is 0.494 e. The number of carbonyl (C=O) groups is 3. The molecule has 0 aliphatic heterocycles. The summed E-state index contributed by atoms with van der Waals surface area (Å²) in [4.78, 5) is 36.1. The molecule has 3 N–H and O–H groups in total. The van der Waals surface area contributed by atoms with E-state index in [1.54, 1.807) is 48.5 Å². The minimum atomic E-state index is -0.246. The molecule has 0 spiro atoms. The van der Waals surface area contributed by atoms with E-state index in [4.69, 9.17) is 4.74 Å². The van der Waals surface area contributed by atoms with Gasteiger partial charge in [0.15, 0.2) is 0 Å². The van der Waals surface area contributed by atoms with Crippen molar-refractivity contribution in [1.29, 1.82) is 0 Å². The van der Waals surface area contributed by atoms with Gasteiger partial charge in [0.05, 0.1) is 6.61 Å². The minimum absolute atomic E-state index is 0.0772. The molecule has 2 aromatic rings. The van der Waals surface area contributed by atoms with E-state index in [0.717, 1.165) is 18.6 Å². The molecule has 0 heterocycles. The maximum atomic E-state index is 12.2. The van der Waals surface area contributed by atoms with Crippen molar-refractivity contribution in [1.82, 2.24) is 10.6 Å². The van der Waals surface area contributed by atoms with Crippen LogP contribution in [-0.2, 0) is 4.79 Å². The molecule has 7 heteroatoms. The Morgan fingerprint density at radius 3 is 1.84 bits per heavy atom.